The molecule has 1 aliphatic carbocycles. The second-order valence-electron chi connectivity index (χ2n) is 8.52. The number of aliphatic carboxylic acids is 1. The van der Waals surface area contributed by atoms with Crippen LogP contribution in [0.5, 0.6) is 0 Å². The van der Waals surface area contributed by atoms with Gasteiger partial charge >= 0.3 is 5.97 Å². The summed E-state index contributed by atoms with van der Waals surface area (Å²) in [6.45, 7) is 1.91. The second-order valence-corrected chi connectivity index (χ2v) is 10.2. The molecule has 4 aromatic rings. The minimum atomic E-state index is -3.84. The highest BCUT2D eigenvalue weighted by molar-refractivity contribution is 7.92. The van der Waals surface area contributed by atoms with Gasteiger partial charge in [-0.05, 0) is 81.4 Å². The molecule has 0 aromatic heterocycles. The summed E-state index contributed by atoms with van der Waals surface area (Å²) in [7, 11) is -3.84. The fraction of sp³-hybridized carbons (Fsp3) is 0.0690. The molecular formula is C29H23NO4S. The summed E-state index contributed by atoms with van der Waals surface area (Å²) < 4.78 is 29.0. The molecule has 174 valence electrons. The normalized spacial score (nSPS) is 14.4. The van der Waals surface area contributed by atoms with Crippen LogP contribution in [0, 0.1) is 0 Å². The SMILES string of the molecule is CC1=C(CC(=O)O)c2cc(NS(=O)(=O)c3ccc4ccccc4c3)ccc2/C1=C\c1ccccc1. The van der Waals surface area contributed by atoms with Crippen LogP contribution in [0.4, 0.5) is 5.69 Å². The number of rotatable bonds is 6. The number of carboxylic acids is 1. The molecule has 0 unspecified atom stereocenters. The average molecular weight is 482 g/mol. The zero-order chi connectivity index (χ0) is 24.6. The third kappa shape index (κ3) is 4.48. The molecule has 0 saturated carbocycles. The third-order valence-electron chi connectivity index (χ3n) is 6.21. The molecule has 0 bridgehead atoms. The van der Waals surface area contributed by atoms with Gasteiger partial charge in [-0.3, -0.25) is 9.52 Å². The number of sulfonamides is 1. The van der Waals surface area contributed by atoms with Crippen LogP contribution in [-0.4, -0.2) is 19.5 Å². The molecule has 1 aliphatic rings. The summed E-state index contributed by atoms with van der Waals surface area (Å²) in [6.07, 6.45) is 1.88. The lowest BCUT2D eigenvalue weighted by Crippen LogP contribution is -2.13. The van der Waals surface area contributed by atoms with Gasteiger partial charge in [0.2, 0.25) is 0 Å². The Morgan fingerprint density at radius 3 is 2.31 bits per heavy atom. The van der Waals surface area contributed by atoms with Crippen molar-refractivity contribution in [1.29, 1.82) is 0 Å². The zero-order valence-electron chi connectivity index (χ0n) is 19.0. The fourth-order valence-corrected chi connectivity index (χ4v) is 5.57. The number of anilines is 1. The highest BCUT2D eigenvalue weighted by Gasteiger charge is 2.26. The Balaban J connectivity index is 1.54. The van der Waals surface area contributed by atoms with E-state index < -0.39 is 16.0 Å². The first kappa shape index (κ1) is 22.6. The van der Waals surface area contributed by atoms with Crippen molar-refractivity contribution in [3.05, 3.63) is 113 Å². The number of carbonyl (C=O) groups is 1. The topological polar surface area (TPSA) is 83.5 Å². The molecule has 0 fully saturated rings. The van der Waals surface area contributed by atoms with E-state index in [0.29, 0.717) is 11.3 Å². The van der Waals surface area contributed by atoms with Crippen LogP contribution >= 0.6 is 0 Å². The Kier molecular flexibility index (Phi) is 5.75. The molecule has 35 heavy (non-hydrogen) atoms. The molecule has 0 atom stereocenters. The molecule has 0 amide bonds. The van der Waals surface area contributed by atoms with Gasteiger partial charge in [0.1, 0.15) is 0 Å². The van der Waals surface area contributed by atoms with Gasteiger partial charge in [-0.15, -0.1) is 0 Å². The summed E-state index contributed by atoms with van der Waals surface area (Å²) in [5.41, 5.74) is 5.50. The van der Waals surface area contributed by atoms with E-state index >= 15 is 0 Å². The third-order valence-corrected chi connectivity index (χ3v) is 7.59. The smallest absolute Gasteiger partial charge is 0.307 e. The van der Waals surface area contributed by atoms with Crippen LogP contribution in [0.2, 0.25) is 0 Å². The Bertz CT molecular complexity index is 1630. The number of nitrogens with one attached hydrogen (secondary N) is 1. The van der Waals surface area contributed by atoms with Gasteiger partial charge in [-0.2, -0.15) is 0 Å². The summed E-state index contributed by atoms with van der Waals surface area (Å²) >= 11 is 0. The first-order valence-corrected chi connectivity index (χ1v) is 12.7. The van der Waals surface area contributed by atoms with E-state index in [9.17, 15) is 18.3 Å². The molecule has 5 rings (SSSR count). The van der Waals surface area contributed by atoms with Crippen LogP contribution in [-0.2, 0) is 14.8 Å². The predicted molar refractivity (Wildman–Crippen MR) is 140 cm³/mol. The van der Waals surface area contributed by atoms with Gasteiger partial charge in [0.05, 0.1) is 11.3 Å². The van der Waals surface area contributed by atoms with Crippen molar-refractivity contribution in [3.8, 4) is 0 Å². The molecule has 2 N–H and O–H groups in total. The van der Waals surface area contributed by atoms with E-state index in [2.05, 4.69) is 4.72 Å². The minimum absolute atomic E-state index is 0.147. The van der Waals surface area contributed by atoms with Crippen LogP contribution < -0.4 is 4.72 Å². The largest absolute Gasteiger partial charge is 0.481 e. The van der Waals surface area contributed by atoms with Gasteiger partial charge in [-0.1, -0.05) is 66.7 Å². The Morgan fingerprint density at radius 1 is 0.857 bits per heavy atom. The number of carboxylic acid groups (broad SMARTS) is 1. The van der Waals surface area contributed by atoms with Gasteiger partial charge < -0.3 is 5.11 Å². The quantitative estimate of drug-likeness (QED) is 0.332. The molecule has 6 heteroatoms. The first-order chi connectivity index (χ1) is 16.8. The van der Waals surface area contributed by atoms with Gasteiger partial charge in [0, 0.05) is 5.69 Å². The lowest BCUT2D eigenvalue weighted by atomic mass is 10.0. The van der Waals surface area contributed by atoms with E-state index in [1.54, 1.807) is 30.3 Å². The fourth-order valence-electron chi connectivity index (χ4n) is 4.49. The number of allylic oxidation sites excluding steroid dienone is 2. The molecule has 0 spiro atoms. The van der Waals surface area contributed by atoms with Crippen molar-refractivity contribution in [3.63, 3.8) is 0 Å². The Labute approximate surface area is 204 Å². The number of hydrogen-bond donors (Lipinski definition) is 2. The second kappa shape index (κ2) is 8.89. The predicted octanol–water partition coefficient (Wildman–Crippen LogP) is 6.44. The first-order valence-electron chi connectivity index (χ1n) is 11.2. The molecular weight excluding hydrogens is 458 g/mol. The Hall–Kier alpha value is -4.16. The van der Waals surface area contributed by atoms with E-state index in [4.69, 9.17) is 0 Å². The monoisotopic (exact) mass is 481 g/mol. The maximum atomic E-state index is 13.1. The molecule has 0 saturated heterocycles. The highest BCUT2D eigenvalue weighted by Crippen LogP contribution is 2.44. The van der Waals surface area contributed by atoms with Gasteiger partial charge in [0.15, 0.2) is 0 Å². The molecule has 0 heterocycles. The van der Waals surface area contributed by atoms with Crippen molar-refractivity contribution in [2.24, 2.45) is 0 Å². The van der Waals surface area contributed by atoms with Crippen LogP contribution in [0.1, 0.15) is 30.0 Å². The van der Waals surface area contributed by atoms with E-state index in [1.165, 1.54) is 0 Å². The summed E-state index contributed by atoms with van der Waals surface area (Å²) in [4.78, 5) is 11.8. The maximum absolute atomic E-state index is 13.1. The van der Waals surface area contributed by atoms with Crippen molar-refractivity contribution >= 4 is 49.7 Å². The number of fused-ring (bicyclic) bond motifs is 2. The lowest BCUT2D eigenvalue weighted by Gasteiger charge is -2.12. The summed E-state index contributed by atoms with van der Waals surface area (Å²) in [5, 5.41) is 11.3. The number of hydrogen-bond acceptors (Lipinski definition) is 3. The minimum Gasteiger partial charge on any atom is -0.481 e. The standard InChI is InChI=1S/C29H23NO4S/c1-19-26(15-20-7-3-2-4-8-20)25-14-12-23(17-28(25)27(19)18-29(31)32)30-35(33,34)24-13-11-21-9-5-6-10-22(21)16-24/h2-17,30H,18H2,1H3,(H,31,32)/b26-15-. The molecule has 4 aromatic carbocycles. The maximum Gasteiger partial charge on any atom is 0.307 e. The van der Waals surface area contributed by atoms with Crippen molar-refractivity contribution in [2.75, 3.05) is 4.72 Å². The van der Waals surface area contributed by atoms with Gasteiger partial charge in [-0.25, -0.2) is 8.42 Å². The Morgan fingerprint density at radius 2 is 1.57 bits per heavy atom. The molecule has 0 aliphatic heterocycles. The van der Waals surface area contributed by atoms with Crippen LogP contribution in [0.25, 0.3) is 28.0 Å². The van der Waals surface area contributed by atoms with E-state index in [1.807, 2.05) is 73.7 Å². The molecule has 0 radical (unpaired) electrons. The van der Waals surface area contributed by atoms with Crippen LogP contribution in [0.3, 0.4) is 0 Å². The van der Waals surface area contributed by atoms with Crippen molar-refractivity contribution in [1.82, 2.24) is 0 Å². The summed E-state index contributed by atoms with van der Waals surface area (Å²) in [5.74, 6) is -0.937. The van der Waals surface area contributed by atoms with Crippen molar-refractivity contribution in [2.45, 2.75) is 18.2 Å². The van der Waals surface area contributed by atoms with Crippen molar-refractivity contribution < 1.29 is 18.3 Å². The number of benzene rings is 4. The van der Waals surface area contributed by atoms with Crippen LogP contribution in [0.15, 0.2) is 101 Å². The average Bonchev–Trinajstić information content (AvgIpc) is 3.09. The van der Waals surface area contributed by atoms with E-state index in [0.717, 1.165) is 38.6 Å². The van der Waals surface area contributed by atoms with E-state index in [-0.39, 0.29) is 11.3 Å². The molecule has 5 nitrogen and oxygen atoms in total. The zero-order valence-corrected chi connectivity index (χ0v) is 19.8. The lowest BCUT2D eigenvalue weighted by molar-refractivity contribution is -0.135. The van der Waals surface area contributed by atoms with Gasteiger partial charge in [0.25, 0.3) is 10.0 Å². The highest BCUT2D eigenvalue weighted by atomic mass is 32.2. The summed E-state index contributed by atoms with van der Waals surface area (Å²) in [6, 6.07) is 27.7.